The van der Waals surface area contributed by atoms with Crippen LogP contribution >= 0.6 is 11.3 Å². The van der Waals surface area contributed by atoms with E-state index in [1.807, 2.05) is 30.3 Å². The number of rotatable bonds is 5. The molecule has 1 aromatic heterocycles. The summed E-state index contributed by atoms with van der Waals surface area (Å²) >= 11 is 1.20. The van der Waals surface area contributed by atoms with Crippen molar-refractivity contribution < 1.29 is 22.7 Å². The summed E-state index contributed by atoms with van der Waals surface area (Å²) in [4.78, 5) is 29.0. The third kappa shape index (κ3) is 4.47. The third-order valence-corrected chi connectivity index (χ3v) is 6.62. The van der Waals surface area contributed by atoms with Crippen molar-refractivity contribution in [1.29, 1.82) is 0 Å². The monoisotopic (exact) mass is 394 g/mol. The number of benzene rings is 1. The fourth-order valence-electron chi connectivity index (χ4n) is 2.73. The van der Waals surface area contributed by atoms with Crippen LogP contribution in [0.2, 0.25) is 0 Å². The van der Waals surface area contributed by atoms with E-state index in [1.165, 1.54) is 11.3 Å². The number of amides is 1. The first kappa shape index (κ1) is 18.5. The Bertz CT molecular complexity index is 922. The zero-order valence-electron chi connectivity index (χ0n) is 14.1. The number of carbonyl (C=O) groups is 2. The van der Waals surface area contributed by atoms with Gasteiger partial charge < -0.3 is 10.1 Å². The Kier molecular flexibility index (Phi) is 5.38. The molecule has 26 heavy (non-hydrogen) atoms. The van der Waals surface area contributed by atoms with Gasteiger partial charge in [0.05, 0.1) is 22.2 Å². The Morgan fingerprint density at radius 2 is 2.04 bits per heavy atom. The van der Waals surface area contributed by atoms with Gasteiger partial charge in [-0.1, -0.05) is 30.3 Å². The maximum absolute atomic E-state index is 12.4. The zero-order valence-corrected chi connectivity index (χ0v) is 15.7. The van der Waals surface area contributed by atoms with E-state index in [4.69, 9.17) is 4.74 Å². The van der Waals surface area contributed by atoms with E-state index < -0.39 is 34.4 Å². The predicted octanol–water partition coefficient (Wildman–Crippen LogP) is 1.58. The van der Waals surface area contributed by atoms with Crippen LogP contribution in [0.4, 0.5) is 0 Å². The molecule has 138 valence electrons. The molecule has 1 aliphatic rings. The SMILES string of the molecule is Cc1nc(-c2ccccc2)c(C(=O)OCC(=O)N[C@H]2CCS(=O)(=O)C2)s1. The van der Waals surface area contributed by atoms with Crippen LogP contribution in [0.5, 0.6) is 0 Å². The van der Waals surface area contributed by atoms with E-state index >= 15 is 0 Å². The molecule has 0 radical (unpaired) electrons. The standard InChI is InChI=1S/C17H18N2O5S2/c1-11-18-15(12-5-3-2-4-6-12)16(25-11)17(21)24-9-14(20)19-13-7-8-26(22,23)10-13/h2-6,13H,7-10H2,1H3,(H,19,20)/t13-/m0/s1. The average Bonchev–Trinajstić information content (AvgIpc) is 3.15. The highest BCUT2D eigenvalue weighted by atomic mass is 32.2. The molecule has 3 rings (SSSR count). The van der Waals surface area contributed by atoms with Crippen molar-refractivity contribution in [3.8, 4) is 11.3 Å². The quantitative estimate of drug-likeness (QED) is 0.773. The molecule has 0 spiro atoms. The first-order chi connectivity index (χ1) is 12.3. The minimum Gasteiger partial charge on any atom is -0.451 e. The number of hydrogen-bond donors (Lipinski definition) is 1. The third-order valence-electron chi connectivity index (χ3n) is 3.90. The largest absolute Gasteiger partial charge is 0.451 e. The van der Waals surface area contributed by atoms with Gasteiger partial charge >= 0.3 is 5.97 Å². The molecule has 0 unspecified atom stereocenters. The fraction of sp³-hybridized carbons (Fsp3) is 0.353. The molecule has 2 heterocycles. The van der Waals surface area contributed by atoms with E-state index in [-0.39, 0.29) is 11.5 Å². The number of hydrogen-bond acceptors (Lipinski definition) is 7. The number of nitrogens with one attached hydrogen (secondary N) is 1. The second kappa shape index (κ2) is 7.55. The first-order valence-corrected chi connectivity index (χ1v) is 10.7. The topological polar surface area (TPSA) is 102 Å². The molecule has 1 N–H and O–H groups in total. The molecular formula is C17H18N2O5S2. The van der Waals surface area contributed by atoms with Crippen LogP contribution < -0.4 is 5.32 Å². The number of ether oxygens (including phenoxy) is 1. The van der Waals surface area contributed by atoms with E-state index in [2.05, 4.69) is 10.3 Å². The summed E-state index contributed by atoms with van der Waals surface area (Å²) in [5.41, 5.74) is 1.32. The van der Waals surface area contributed by atoms with Crippen molar-refractivity contribution in [3.05, 3.63) is 40.2 Å². The highest BCUT2D eigenvalue weighted by molar-refractivity contribution is 7.91. The van der Waals surface area contributed by atoms with Gasteiger partial charge in [0.25, 0.3) is 5.91 Å². The molecule has 7 nitrogen and oxygen atoms in total. The molecule has 0 bridgehead atoms. The summed E-state index contributed by atoms with van der Waals surface area (Å²) in [5.74, 6) is -1.14. The van der Waals surface area contributed by atoms with Gasteiger partial charge in [0, 0.05) is 11.6 Å². The van der Waals surface area contributed by atoms with Crippen molar-refractivity contribution in [2.75, 3.05) is 18.1 Å². The van der Waals surface area contributed by atoms with Crippen molar-refractivity contribution >= 4 is 33.1 Å². The molecule has 1 aromatic carbocycles. The van der Waals surface area contributed by atoms with E-state index in [1.54, 1.807) is 6.92 Å². The minimum absolute atomic E-state index is 0.0678. The van der Waals surface area contributed by atoms with E-state index in [0.717, 1.165) is 10.6 Å². The van der Waals surface area contributed by atoms with Gasteiger partial charge in [-0.2, -0.15) is 0 Å². The smallest absolute Gasteiger partial charge is 0.351 e. The van der Waals surface area contributed by atoms with Crippen molar-refractivity contribution in [2.45, 2.75) is 19.4 Å². The van der Waals surface area contributed by atoms with Gasteiger partial charge in [-0.05, 0) is 13.3 Å². The number of carbonyl (C=O) groups excluding carboxylic acids is 2. The minimum atomic E-state index is -3.08. The summed E-state index contributed by atoms with van der Waals surface area (Å²) in [6.45, 7) is 1.34. The summed E-state index contributed by atoms with van der Waals surface area (Å²) < 4.78 is 27.9. The lowest BCUT2D eigenvalue weighted by Crippen LogP contribution is -2.38. The molecule has 0 saturated carbocycles. The Balaban J connectivity index is 1.61. The van der Waals surface area contributed by atoms with E-state index in [9.17, 15) is 18.0 Å². The van der Waals surface area contributed by atoms with Crippen molar-refractivity contribution in [2.24, 2.45) is 0 Å². The van der Waals surface area contributed by atoms with Crippen LogP contribution in [0.1, 0.15) is 21.1 Å². The summed E-state index contributed by atoms with van der Waals surface area (Å²) in [6, 6.07) is 8.84. The highest BCUT2D eigenvalue weighted by Crippen LogP contribution is 2.28. The summed E-state index contributed by atoms with van der Waals surface area (Å²) in [6.07, 6.45) is 0.383. The number of esters is 1. The van der Waals surface area contributed by atoms with Crippen LogP contribution in [-0.2, 0) is 19.4 Å². The van der Waals surface area contributed by atoms with Crippen molar-refractivity contribution in [3.63, 3.8) is 0 Å². The van der Waals surface area contributed by atoms with Gasteiger partial charge in [0.15, 0.2) is 16.4 Å². The van der Waals surface area contributed by atoms with Gasteiger partial charge in [-0.25, -0.2) is 18.2 Å². The molecule has 9 heteroatoms. The fourth-order valence-corrected chi connectivity index (χ4v) is 5.24. The molecule has 1 saturated heterocycles. The predicted molar refractivity (Wildman–Crippen MR) is 97.8 cm³/mol. The lowest BCUT2D eigenvalue weighted by Gasteiger charge is -2.11. The van der Waals surface area contributed by atoms with E-state index in [0.29, 0.717) is 17.0 Å². The number of aryl methyl sites for hydroxylation is 1. The van der Waals surface area contributed by atoms with Crippen LogP contribution in [0.3, 0.4) is 0 Å². The maximum Gasteiger partial charge on any atom is 0.351 e. The number of nitrogens with zero attached hydrogens (tertiary/aromatic N) is 1. The lowest BCUT2D eigenvalue weighted by molar-refractivity contribution is -0.124. The van der Waals surface area contributed by atoms with Crippen LogP contribution in [0, 0.1) is 6.92 Å². The van der Waals surface area contributed by atoms with Crippen molar-refractivity contribution in [1.82, 2.24) is 10.3 Å². The Hall–Kier alpha value is -2.26. The maximum atomic E-state index is 12.4. The molecule has 0 aliphatic carbocycles. The summed E-state index contributed by atoms with van der Waals surface area (Å²) in [7, 11) is -3.08. The number of thiazole rings is 1. The second-order valence-corrected chi connectivity index (χ2v) is 9.45. The summed E-state index contributed by atoms with van der Waals surface area (Å²) in [5, 5.41) is 3.30. The molecule has 2 aromatic rings. The van der Waals surface area contributed by atoms with Crippen LogP contribution in [0.25, 0.3) is 11.3 Å². The normalized spacial score (nSPS) is 18.4. The Morgan fingerprint density at radius 3 is 2.69 bits per heavy atom. The van der Waals surface area contributed by atoms with Gasteiger partial charge in [0.1, 0.15) is 4.88 Å². The number of sulfone groups is 1. The zero-order chi connectivity index (χ0) is 18.7. The average molecular weight is 394 g/mol. The molecule has 1 fully saturated rings. The number of aromatic nitrogens is 1. The van der Waals surface area contributed by atoms with Gasteiger partial charge in [0.2, 0.25) is 0 Å². The molecule has 1 aliphatic heterocycles. The van der Waals surface area contributed by atoms with Crippen LogP contribution in [-0.4, -0.2) is 49.4 Å². The second-order valence-electron chi connectivity index (χ2n) is 6.02. The molecular weight excluding hydrogens is 376 g/mol. The van der Waals surface area contributed by atoms with Crippen LogP contribution in [0.15, 0.2) is 30.3 Å². The Morgan fingerprint density at radius 1 is 1.31 bits per heavy atom. The molecule has 1 atom stereocenters. The molecule has 1 amide bonds. The van der Waals surface area contributed by atoms with Gasteiger partial charge in [-0.3, -0.25) is 4.79 Å². The first-order valence-electron chi connectivity index (χ1n) is 8.04. The highest BCUT2D eigenvalue weighted by Gasteiger charge is 2.29. The Labute approximate surface area is 155 Å². The lowest BCUT2D eigenvalue weighted by atomic mass is 10.1. The van der Waals surface area contributed by atoms with Gasteiger partial charge in [-0.15, -0.1) is 11.3 Å².